The minimum atomic E-state index is -0.202. The lowest BCUT2D eigenvalue weighted by molar-refractivity contribution is -0.135. The number of carbonyl (C=O) groups is 2. The van der Waals surface area contributed by atoms with E-state index in [2.05, 4.69) is 5.32 Å². The topological polar surface area (TPSA) is 49.4 Å². The van der Waals surface area contributed by atoms with E-state index < -0.39 is 0 Å². The number of nitrogens with one attached hydrogen (secondary N) is 1. The number of allylic oxidation sites excluding steroid dienone is 1. The first-order valence-corrected chi connectivity index (χ1v) is 5.86. The molecule has 0 radical (unpaired) electrons. The van der Waals surface area contributed by atoms with Crippen LogP contribution in [0.15, 0.2) is 11.8 Å². The van der Waals surface area contributed by atoms with Gasteiger partial charge in [0.25, 0.3) is 5.91 Å². The number of hydrogen-bond donors (Lipinski definition) is 1. The Balaban J connectivity index is 2.27. The van der Waals surface area contributed by atoms with Crippen LogP contribution in [0.4, 0.5) is 0 Å². The minimum Gasteiger partial charge on any atom is -0.384 e. The molecule has 2 aliphatic rings. The van der Waals surface area contributed by atoms with Gasteiger partial charge in [-0.3, -0.25) is 9.59 Å². The lowest BCUT2D eigenvalue weighted by atomic mass is 10.1. The van der Waals surface area contributed by atoms with E-state index in [0.717, 1.165) is 25.7 Å². The van der Waals surface area contributed by atoms with Crippen LogP contribution in [0.2, 0.25) is 0 Å². The lowest BCUT2D eigenvalue weighted by Crippen LogP contribution is -2.45. The van der Waals surface area contributed by atoms with Crippen molar-refractivity contribution in [3.05, 3.63) is 11.8 Å². The molecule has 0 bridgehead atoms. The lowest BCUT2D eigenvalue weighted by Gasteiger charge is -2.28. The van der Waals surface area contributed by atoms with Gasteiger partial charge in [0.15, 0.2) is 5.78 Å². The van der Waals surface area contributed by atoms with Crippen LogP contribution in [0.25, 0.3) is 0 Å². The smallest absolute Gasteiger partial charge is 0.270 e. The van der Waals surface area contributed by atoms with Crippen molar-refractivity contribution in [1.29, 1.82) is 0 Å². The highest BCUT2D eigenvalue weighted by Crippen LogP contribution is 2.31. The minimum absolute atomic E-state index is 0.0114. The molecule has 2 unspecified atom stereocenters. The van der Waals surface area contributed by atoms with Crippen LogP contribution >= 0.6 is 0 Å². The number of Topliss-reactive ketones (excluding diaryl/α,β-unsaturated/α-hetero) is 1. The third-order valence-electron chi connectivity index (χ3n) is 3.55. The molecule has 1 amide bonds. The van der Waals surface area contributed by atoms with E-state index in [4.69, 9.17) is 0 Å². The van der Waals surface area contributed by atoms with Gasteiger partial charge in [0.2, 0.25) is 0 Å². The van der Waals surface area contributed by atoms with Crippen LogP contribution in [0, 0.1) is 0 Å². The van der Waals surface area contributed by atoms with Crippen molar-refractivity contribution < 1.29 is 9.59 Å². The first-order valence-electron chi connectivity index (χ1n) is 5.86. The zero-order valence-electron chi connectivity index (χ0n) is 9.82. The highest BCUT2D eigenvalue weighted by molar-refractivity contribution is 5.97. The van der Waals surface area contributed by atoms with Crippen LogP contribution < -0.4 is 5.32 Å². The summed E-state index contributed by atoms with van der Waals surface area (Å²) in [5.41, 5.74) is 0.635. The number of ketones is 1. The Morgan fingerprint density at radius 2 is 2.19 bits per heavy atom. The third kappa shape index (κ3) is 1.72. The van der Waals surface area contributed by atoms with Crippen molar-refractivity contribution in [2.45, 2.75) is 44.7 Å². The molecule has 88 valence electrons. The predicted octanol–water partition coefficient (Wildman–Crippen LogP) is 0.832. The fraction of sp³-hybridized carbons (Fsp3) is 0.667. The molecule has 2 aliphatic heterocycles. The van der Waals surface area contributed by atoms with Crippen molar-refractivity contribution >= 4 is 11.7 Å². The van der Waals surface area contributed by atoms with Gasteiger partial charge in [0.05, 0.1) is 11.7 Å². The molecule has 1 fully saturated rings. The number of fused-ring (bicyclic) bond motifs is 1. The number of rotatable bonds is 2. The quantitative estimate of drug-likeness (QED) is 0.753. The Morgan fingerprint density at radius 3 is 2.81 bits per heavy atom. The fourth-order valence-corrected chi connectivity index (χ4v) is 2.73. The Labute approximate surface area is 95.7 Å². The zero-order chi connectivity index (χ0) is 11.7. The van der Waals surface area contributed by atoms with Gasteiger partial charge in [0, 0.05) is 13.1 Å². The highest BCUT2D eigenvalue weighted by atomic mass is 16.2. The van der Waals surface area contributed by atoms with Crippen LogP contribution in [-0.4, -0.2) is 35.7 Å². The largest absolute Gasteiger partial charge is 0.384 e. The molecular weight excluding hydrogens is 204 g/mol. The maximum atomic E-state index is 12.2. The number of nitrogens with zero attached hydrogens (tertiary/aromatic N) is 1. The molecule has 4 nitrogen and oxygen atoms in total. The summed E-state index contributed by atoms with van der Waals surface area (Å²) in [4.78, 5) is 25.5. The highest BCUT2D eigenvalue weighted by Gasteiger charge is 2.40. The van der Waals surface area contributed by atoms with E-state index in [1.165, 1.54) is 0 Å². The molecule has 1 N–H and O–H groups in total. The van der Waals surface area contributed by atoms with E-state index in [0.29, 0.717) is 5.70 Å². The third-order valence-corrected chi connectivity index (χ3v) is 3.55. The molecule has 2 heterocycles. The van der Waals surface area contributed by atoms with Gasteiger partial charge in [-0.05, 0) is 32.6 Å². The second kappa shape index (κ2) is 4.28. The van der Waals surface area contributed by atoms with Gasteiger partial charge < -0.3 is 10.2 Å². The van der Waals surface area contributed by atoms with Gasteiger partial charge in [-0.25, -0.2) is 0 Å². The first-order chi connectivity index (χ1) is 7.65. The summed E-state index contributed by atoms with van der Waals surface area (Å²) < 4.78 is 0. The summed E-state index contributed by atoms with van der Waals surface area (Å²) in [5, 5.41) is 2.92. The SMILES string of the molecule is CNC1=CCCC2CCC(C(C)=O)N2C1=O. The second-order valence-electron chi connectivity index (χ2n) is 4.52. The average Bonchev–Trinajstić information content (AvgIpc) is 2.61. The number of hydrogen-bond acceptors (Lipinski definition) is 3. The van der Waals surface area contributed by atoms with E-state index in [1.54, 1.807) is 18.9 Å². The van der Waals surface area contributed by atoms with Crippen LogP contribution in [0.1, 0.15) is 32.6 Å². The van der Waals surface area contributed by atoms with Crippen molar-refractivity contribution in [3.63, 3.8) is 0 Å². The second-order valence-corrected chi connectivity index (χ2v) is 4.52. The van der Waals surface area contributed by atoms with E-state index in [-0.39, 0.29) is 23.8 Å². The van der Waals surface area contributed by atoms with Gasteiger partial charge >= 0.3 is 0 Å². The monoisotopic (exact) mass is 222 g/mol. The number of carbonyl (C=O) groups excluding carboxylic acids is 2. The molecule has 2 rings (SSSR count). The summed E-state index contributed by atoms with van der Waals surface area (Å²) in [6, 6.07) is 0.0517. The molecule has 4 heteroatoms. The van der Waals surface area contributed by atoms with E-state index in [1.807, 2.05) is 6.08 Å². The van der Waals surface area contributed by atoms with Crippen molar-refractivity contribution in [3.8, 4) is 0 Å². The van der Waals surface area contributed by atoms with Gasteiger partial charge in [-0.2, -0.15) is 0 Å². The molecule has 0 aromatic heterocycles. The molecule has 0 aliphatic carbocycles. The Morgan fingerprint density at radius 1 is 1.44 bits per heavy atom. The first kappa shape index (κ1) is 11.2. The molecule has 0 spiro atoms. The summed E-state index contributed by atoms with van der Waals surface area (Å²) in [7, 11) is 1.75. The summed E-state index contributed by atoms with van der Waals surface area (Å²) in [6.07, 6.45) is 5.61. The maximum Gasteiger partial charge on any atom is 0.270 e. The van der Waals surface area contributed by atoms with Crippen LogP contribution in [0.3, 0.4) is 0 Å². The van der Waals surface area contributed by atoms with Crippen LogP contribution in [0.5, 0.6) is 0 Å². The Hall–Kier alpha value is -1.32. The Bertz CT molecular complexity index is 349. The van der Waals surface area contributed by atoms with E-state index in [9.17, 15) is 9.59 Å². The molecule has 2 atom stereocenters. The molecular formula is C12H18N2O2. The number of amides is 1. The van der Waals surface area contributed by atoms with Crippen molar-refractivity contribution in [2.24, 2.45) is 0 Å². The summed E-state index contributed by atoms with van der Waals surface area (Å²) in [6.45, 7) is 1.58. The zero-order valence-corrected chi connectivity index (χ0v) is 9.82. The normalized spacial score (nSPS) is 29.5. The van der Waals surface area contributed by atoms with Crippen LogP contribution in [-0.2, 0) is 9.59 Å². The standard InChI is InChI=1S/C12H18N2O2/c1-8(15)11-7-6-9-4-3-5-10(13-2)12(16)14(9)11/h5,9,11,13H,3-4,6-7H2,1-2H3. The van der Waals surface area contributed by atoms with E-state index >= 15 is 0 Å². The van der Waals surface area contributed by atoms with Crippen molar-refractivity contribution in [2.75, 3.05) is 7.05 Å². The van der Waals surface area contributed by atoms with Gasteiger partial charge in [-0.15, -0.1) is 0 Å². The average molecular weight is 222 g/mol. The molecule has 0 aromatic rings. The summed E-state index contributed by atoms with van der Waals surface area (Å²) in [5.74, 6) is 0.0934. The van der Waals surface area contributed by atoms with Gasteiger partial charge in [0.1, 0.15) is 0 Å². The maximum absolute atomic E-state index is 12.2. The fourth-order valence-electron chi connectivity index (χ4n) is 2.73. The predicted molar refractivity (Wildman–Crippen MR) is 60.7 cm³/mol. The molecule has 1 saturated heterocycles. The van der Waals surface area contributed by atoms with Gasteiger partial charge in [-0.1, -0.05) is 6.08 Å². The number of likely N-dealkylation sites (N-methyl/N-ethyl adjacent to an activating group) is 1. The Kier molecular flexibility index (Phi) is 2.99. The molecule has 16 heavy (non-hydrogen) atoms. The molecule has 0 aromatic carbocycles. The molecule has 0 saturated carbocycles. The van der Waals surface area contributed by atoms with Crippen molar-refractivity contribution in [1.82, 2.24) is 10.2 Å². The summed E-state index contributed by atoms with van der Waals surface area (Å²) >= 11 is 0.